The normalized spacial score (nSPS) is 19.9. The maximum Gasteiger partial charge on any atom is 0.220 e. The second-order valence-electron chi connectivity index (χ2n) is 6.35. The van der Waals surface area contributed by atoms with Crippen LogP contribution in [-0.2, 0) is 22.6 Å². The molecule has 5 heteroatoms. The largest absolute Gasteiger partial charge is 0.352 e. The van der Waals surface area contributed by atoms with Gasteiger partial charge < -0.3 is 10.6 Å². The molecule has 1 saturated heterocycles. The zero-order valence-corrected chi connectivity index (χ0v) is 14.4. The van der Waals surface area contributed by atoms with Crippen LogP contribution >= 0.6 is 11.3 Å². The van der Waals surface area contributed by atoms with Crippen LogP contribution in [-0.4, -0.2) is 17.4 Å². The first-order valence-electron chi connectivity index (χ1n) is 8.29. The molecule has 1 aromatic carbocycles. The van der Waals surface area contributed by atoms with Crippen molar-refractivity contribution in [3.05, 3.63) is 58.3 Å². The molecular weight excluding hydrogens is 320 g/mol. The molecule has 2 aromatic rings. The summed E-state index contributed by atoms with van der Waals surface area (Å²) in [6.45, 7) is 0.546. The summed E-state index contributed by atoms with van der Waals surface area (Å²) in [4.78, 5) is 25.2. The molecule has 0 spiro atoms. The van der Waals surface area contributed by atoms with Gasteiger partial charge >= 0.3 is 0 Å². The number of carbonyl (C=O) groups is 2. The molecule has 2 amide bonds. The van der Waals surface area contributed by atoms with Crippen molar-refractivity contribution in [1.29, 1.82) is 0 Å². The fourth-order valence-corrected chi connectivity index (χ4v) is 4.02. The summed E-state index contributed by atoms with van der Waals surface area (Å²) in [6.07, 6.45) is 3.27. The Bertz CT molecular complexity index is 685. The Morgan fingerprint density at radius 2 is 2.04 bits per heavy atom. The Kier molecular flexibility index (Phi) is 5.30. The average molecular weight is 342 g/mol. The highest BCUT2D eigenvalue weighted by atomic mass is 32.1. The molecule has 126 valence electrons. The van der Waals surface area contributed by atoms with Crippen LogP contribution in [0.3, 0.4) is 0 Å². The van der Waals surface area contributed by atoms with Crippen molar-refractivity contribution < 1.29 is 9.59 Å². The van der Waals surface area contributed by atoms with Gasteiger partial charge in [-0.05, 0) is 29.9 Å². The predicted octanol–water partition coefficient (Wildman–Crippen LogP) is 3.04. The minimum Gasteiger partial charge on any atom is -0.352 e. The van der Waals surface area contributed by atoms with Crippen LogP contribution in [0.2, 0.25) is 0 Å². The average Bonchev–Trinajstić information content (AvgIpc) is 3.23. The molecule has 0 radical (unpaired) electrons. The third-order valence-corrected chi connectivity index (χ3v) is 5.37. The minimum absolute atomic E-state index is 0.0329. The number of hydrogen-bond acceptors (Lipinski definition) is 3. The molecule has 1 fully saturated rings. The van der Waals surface area contributed by atoms with Crippen molar-refractivity contribution in [3.8, 4) is 0 Å². The van der Waals surface area contributed by atoms with Crippen molar-refractivity contribution >= 4 is 23.2 Å². The topological polar surface area (TPSA) is 58.2 Å². The van der Waals surface area contributed by atoms with E-state index in [1.807, 2.05) is 41.8 Å². The molecule has 2 heterocycles. The van der Waals surface area contributed by atoms with Crippen LogP contribution in [0.15, 0.2) is 47.8 Å². The van der Waals surface area contributed by atoms with Crippen LogP contribution < -0.4 is 10.6 Å². The van der Waals surface area contributed by atoms with E-state index in [1.54, 1.807) is 11.3 Å². The molecule has 2 N–H and O–H groups in total. The summed E-state index contributed by atoms with van der Waals surface area (Å²) < 4.78 is 0. The molecule has 24 heavy (non-hydrogen) atoms. The number of carbonyl (C=O) groups excluding carboxylic acids is 2. The van der Waals surface area contributed by atoms with E-state index in [4.69, 9.17) is 0 Å². The Morgan fingerprint density at radius 1 is 1.21 bits per heavy atom. The number of thiophene rings is 1. The number of nitrogens with one attached hydrogen (secondary N) is 2. The first-order chi connectivity index (χ1) is 11.7. The van der Waals surface area contributed by atoms with Crippen molar-refractivity contribution in [2.45, 2.75) is 44.2 Å². The van der Waals surface area contributed by atoms with Gasteiger partial charge in [-0.15, -0.1) is 11.3 Å². The van der Waals surface area contributed by atoms with Gasteiger partial charge in [-0.1, -0.05) is 36.4 Å². The molecule has 1 unspecified atom stereocenters. The van der Waals surface area contributed by atoms with E-state index in [0.29, 0.717) is 25.8 Å². The standard InChI is InChI=1S/C19H22N2O2S/c22-17(20-14-15-5-2-1-3-6-15)8-10-19(11-9-18(23)21-19)13-16-7-4-12-24-16/h1-7,12H,8-11,13-14H2,(H,20,22)(H,21,23). The lowest BCUT2D eigenvalue weighted by atomic mass is 9.87. The van der Waals surface area contributed by atoms with Gasteiger partial charge in [-0.25, -0.2) is 0 Å². The minimum atomic E-state index is -0.272. The van der Waals surface area contributed by atoms with Gasteiger partial charge in [-0.2, -0.15) is 0 Å². The molecule has 1 aliphatic heterocycles. The van der Waals surface area contributed by atoms with Crippen molar-refractivity contribution in [3.63, 3.8) is 0 Å². The number of amides is 2. The Balaban J connectivity index is 1.53. The van der Waals surface area contributed by atoms with Crippen molar-refractivity contribution in [2.75, 3.05) is 0 Å². The van der Waals surface area contributed by atoms with E-state index in [1.165, 1.54) is 4.88 Å². The monoisotopic (exact) mass is 342 g/mol. The third-order valence-electron chi connectivity index (χ3n) is 4.49. The number of benzene rings is 1. The Hall–Kier alpha value is -2.14. The number of rotatable bonds is 7. The molecule has 4 nitrogen and oxygen atoms in total. The van der Waals surface area contributed by atoms with Crippen LogP contribution in [0.4, 0.5) is 0 Å². The third kappa shape index (κ3) is 4.45. The summed E-state index contributed by atoms with van der Waals surface area (Å²) in [7, 11) is 0. The summed E-state index contributed by atoms with van der Waals surface area (Å²) >= 11 is 1.70. The lowest BCUT2D eigenvalue weighted by Gasteiger charge is -2.28. The van der Waals surface area contributed by atoms with Crippen LogP contribution in [0.25, 0.3) is 0 Å². The highest BCUT2D eigenvalue weighted by Gasteiger charge is 2.38. The molecule has 0 aliphatic carbocycles. The van der Waals surface area contributed by atoms with Gasteiger partial charge in [0, 0.05) is 36.2 Å². The molecule has 0 saturated carbocycles. The van der Waals surface area contributed by atoms with Gasteiger partial charge in [0.2, 0.25) is 11.8 Å². The summed E-state index contributed by atoms with van der Waals surface area (Å²) in [6, 6.07) is 14.0. The van der Waals surface area contributed by atoms with Gasteiger partial charge in [0.1, 0.15) is 0 Å². The van der Waals surface area contributed by atoms with Crippen LogP contribution in [0.1, 0.15) is 36.1 Å². The van der Waals surface area contributed by atoms with E-state index in [0.717, 1.165) is 18.4 Å². The maximum atomic E-state index is 12.2. The molecule has 0 bridgehead atoms. The van der Waals surface area contributed by atoms with Gasteiger partial charge in [0.05, 0.1) is 0 Å². The maximum absolute atomic E-state index is 12.2. The second-order valence-corrected chi connectivity index (χ2v) is 7.38. The van der Waals surface area contributed by atoms with Gasteiger partial charge in [0.25, 0.3) is 0 Å². The molecular formula is C19H22N2O2S. The first kappa shape index (κ1) is 16.7. The second kappa shape index (κ2) is 7.62. The van der Waals surface area contributed by atoms with E-state index in [2.05, 4.69) is 16.7 Å². The lowest BCUT2D eigenvalue weighted by Crippen LogP contribution is -2.44. The number of hydrogen-bond donors (Lipinski definition) is 2. The Labute approximate surface area is 146 Å². The quantitative estimate of drug-likeness (QED) is 0.812. The summed E-state index contributed by atoms with van der Waals surface area (Å²) in [5, 5.41) is 8.13. The first-order valence-corrected chi connectivity index (χ1v) is 9.17. The van der Waals surface area contributed by atoms with Gasteiger partial charge in [0.15, 0.2) is 0 Å². The zero-order valence-electron chi connectivity index (χ0n) is 13.6. The highest BCUT2D eigenvalue weighted by molar-refractivity contribution is 7.09. The molecule has 1 aromatic heterocycles. The van der Waals surface area contributed by atoms with Crippen LogP contribution in [0.5, 0.6) is 0 Å². The molecule has 3 rings (SSSR count). The molecule has 1 atom stereocenters. The van der Waals surface area contributed by atoms with Crippen LogP contribution in [0, 0.1) is 0 Å². The SMILES string of the molecule is O=C(CCC1(Cc2cccs2)CCC(=O)N1)NCc1ccccc1. The van der Waals surface area contributed by atoms with E-state index < -0.39 is 0 Å². The highest BCUT2D eigenvalue weighted by Crippen LogP contribution is 2.30. The van der Waals surface area contributed by atoms with E-state index in [9.17, 15) is 9.59 Å². The van der Waals surface area contributed by atoms with E-state index in [-0.39, 0.29) is 17.4 Å². The Morgan fingerprint density at radius 3 is 2.71 bits per heavy atom. The van der Waals surface area contributed by atoms with Crippen molar-refractivity contribution in [2.24, 2.45) is 0 Å². The van der Waals surface area contributed by atoms with E-state index >= 15 is 0 Å². The zero-order chi connectivity index (χ0) is 16.8. The van der Waals surface area contributed by atoms with Gasteiger partial charge in [-0.3, -0.25) is 9.59 Å². The lowest BCUT2D eigenvalue weighted by molar-refractivity contribution is -0.122. The smallest absolute Gasteiger partial charge is 0.220 e. The fraction of sp³-hybridized carbons (Fsp3) is 0.368. The molecule has 1 aliphatic rings. The summed E-state index contributed by atoms with van der Waals surface area (Å²) in [5.74, 6) is 0.127. The van der Waals surface area contributed by atoms with Crippen molar-refractivity contribution in [1.82, 2.24) is 10.6 Å². The summed E-state index contributed by atoms with van der Waals surface area (Å²) in [5.41, 5.74) is 0.819. The fourth-order valence-electron chi connectivity index (χ4n) is 3.17. The predicted molar refractivity (Wildman–Crippen MR) is 95.7 cm³/mol.